The molecule has 0 aliphatic rings. The Labute approximate surface area is 397 Å². The van der Waals surface area contributed by atoms with Gasteiger partial charge in [-0.3, -0.25) is 0 Å². The minimum absolute atomic E-state index is 1.07. The maximum Gasteiger partial charge on any atom is 0.0546 e. The first-order valence-electron chi connectivity index (χ1n) is 23.3. The van der Waals surface area contributed by atoms with E-state index in [1.807, 2.05) is 0 Å². The fourth-order valence-electron chi connectivity index (χ4n) is 9.97. The predicted molar refractivity (Wildman–Crippen MR) is 290 cm³/mol. The van der Waals surface area contributed by atoms with Crippen molar-refractivity contribution in [2.45, 2.75) is 0 Å². The summed E-state index contributed by atoms with van der Waals surface area (Å²) in [7, 11) is 0. The van der Waals surface area contributed by atoms with Crippen molar-refractivity contribution in [3.05, 3.63) is 279 Å². The minimum Gasteiger partial charge on any atom is -0.310 e. The summed E-state index contributed by atoms with van der Waals surface area (Å²) in [6.07, 6.45) is 0. The van der Waals surface area contributed by atoms with Crippen molar-refractivity contribution in [2.75, 3.05) is 9.80 Å². The van der Waals surface area contributed by atoms with Gasteiger partial charge in [-0.05, 0) is 144 Å². The van der Waals surface area contributed by atoms with E-state index < -0.39 is 0 Å². The molecular formula is C66H46N2. The van der Waals surface area contributed by atoms with Crippen LogP contribution in [0.3, 0.4) is 0 Å². The van der Waals surface area contributed by atoms with Crippen molar-refractivity contribution >= 4 is 66.4 Å². The van der Waals surface area contributed by atoms with Gasteiger partial charge in [0.2, 0.25) is 0 Å². The smallest absolute Gasteiger partial charge is 0.0546 e. The van der Waals surface area contributed by atoms with E-state index >= 15 is 0 Å². The zero-order valence-electron chi connectivity index (χ0n) is 37.5. The Morgan fingerprint density at radius 3 is 1.12 bits per heavy atom. The molecule has 0 aromatic heterocycles. The molecule has 0 fully saturated rings. The van der Waals surface area contributed by atoms with E-state index in [4.69, 9.17) is 0 Å². The predicted octanol–water partition coefficient (Wildman–Crippen LogP) is 18.8. The Bertz CT molecular complexity index is 3690. The Hall–Kier alpha value is -8.98. The minimum atomic E-state index is 1.07. The third kappa shape index (κ3) is 7.64. The molecule has 0 saturated heterocycles. The second kappa shape index (κ2) is 17.8. The van der Waals surface area contributed by atoms with Crippen molar-refractivity contribution in [1.29, 1.82) is 0 Å². The average Bonchev–Trinajstić information content (AvgIpc) is 3.42. The van der Waals surface area contributed by atoms with Crippen molar-refractivity contribution in [3.63, 3.8) is 0 Å². The molecule has 0 radical (unpaired) electrons. The maximum atomic E-state index is 2.42. The second-order valence-corrected chi connectivity index (χ2v) is 17.3. The van der Waals surface area contributed by atoms with Gasteiger partial charge in [-0.15, -0.1) is 0 Å². The maximum absolute atomic E-state index is 2.42. The number of fused-ring (bicyclic) bond motifs is 3. The summed E-state index contributed by atoms with van der Waals surface area (Å²) >= 11 is 0. The van der Waals surface area contributed by atoms with Crippen molar-refractivity contribution in [2.24, 2.45) is 0 Å². The van der Waals surface area contributed by atoms with Crippen LogP contribution in [0.5, 0.6) is 0 Å². The van der Waals surface area contributed by atoms with Gasteiger partial charge in [-0.1, -0.05) is 206 Å². The fourth-order valence-corrected chi connectivity index (χ4v) is 9.97. The van der Waals surface area contributed by atoms with Crippen LogP contribution in [0.25, 0.3) is 76.8 Å². The number of hydrogen-bond donors (Lipinski definition) is 0. The Morgan fingerprint density at radius 2 is 0.588 bits per heavy atom. The molecule has 320 valence electrons. The summed E-state index contributed by atoms with van der Waals surface area (Å²) in [5.41, 5.74) is 15.9. The molecule has 12 aromatic carbocycles. The van der Waals surface area contributed by atoms with E-state index in [1.54, 1.807) is 0 Å². The van der Waals surface area contributed by atoms with Crippen LogP contribution < -0.4 is 9.80 Å². The summed E-state index contributed by atoms with van der Waals surface area (Å²) in [4.78, 5) is 4.81. The van der Waals surface area contributed by atoms with Gasteiger partial charge in [0.15, 0.2) is 0 Å². The molecule has 0 aliphatic carbocycles. The molecule has 12 rings (SSSR count). The third-order valence-corrected chi connectivity index (χ3v) is 13.2. The zero-order valence-corrected chi connectivity index (χ0v) is 37.5. The SMILES string of the molecule is c1ccc(-c2cc3c(-c4ccccc4)cc(N(c4ccccc4)c4ccc(-c5cccc6ccccc56)cc4)cc3cc2N(c2ccccc2)c2ccc(-c3cccc4ccccc34)cc2)cc1. The molecule has 0 spiro atoms. The summed E-state index contributed by atoms with van der Waals surface area (Å²) in [5, 5.41) is 7.29. The van der Waals surface area contributed by atoms with Gasteiger partial charge >= 0.3 is 0 Å². The lowest BCUT2D eigenvalue weighted by molar-refractivity contribution is 1.28. The van der Waals surface area contributed by atoms with Crippen LogP contribution in [0.15, 0.2) is 279 Å². The van der Waals surface area contributed by atoms with Crippen LogP contribution in [0.4, 0.5) is 34.1 Å². The van der Waals surface area contributed by atoms with Gasteiger partial charge in [0.05, 0.1) is 5.69 Å². The Kier molecular flexibility index (Phi) is 10.6. The summed E-state index contributed by atoms with van der Waals surface area (Å²) in [6.45, 7) is 0. The summed E-state index contributed by atoms with van der Waals surface area (Å²) in [6, 6.07) is 101. The molecule has 2 nitrogen and oxygen atoms in total. The number of hydrogen-bond acceptors (Lipinski definition) is 2. The number of benzene rings is 12. The highest BCUT2D eigenvalue weighted by Crippen LogP contribution is 2.47. The molecule has 0 N–H and O–H groups in total. The lowest BCUT2D eigenvalue weighted by atomic mass is 9.91. The highest BCUT2D eigenvalue weighted by Gasteiger charge is 2.22. The Morgan fingerprint density at radius 1 is 0.191 bits per heavy atom. The normalized spacial score (nSPS) is 11.2. The zero-order chi connectivity index (χ0) is 45.2. The molecular weight excluding hydrogens is 821 g/mol. The van der Waals surface area contributed by atoms with Crippen molar-refractivity contribution in [3.8, 4) is 44.5 Å². The van der Waals surface area contributed by atoms with Crippen LogP contribution in [0.2, 0.25) is 0 Å². The lowest BCUT2D eigenvalue weighted by Crippen LogP contribution is -2.12. The van der Waals surface area contributed by atoms with E-state index in [2.05, 4.69) is 289 Å². The highest BCUT2D eigenvalue weighted by molar-refractivity contribution is 6.07. The molecule has 0 amide bonds. The highest BCUT2D eigenvalue weighted by atomic mass is 15.2. The molecule has 0 atom stereocenters. The number of para-hydroxylation sites is 2. The number of nitrogens with zero attached hydrogens (tertiary/aromatic N) is 2. The van der Waals surface area contributed by atoms with Gasteiger partial charge < -0.3 is 9.80 Å². The van der Waals surface area contributed by atoms with Gasteiger partial charge in [-0.25, -0.2) is 0 Å². The molecule has 2 heteroatoms. The van der Waals surface area contributed by atoms with E-state index in [0.29, 0.717) is 0 Å². The van der Waals surface area contributed by atoms with Crippen molar-refractivity contribution < 1.29 is 0 Å². The van der Waals surface area contributed by atoms with E-state index in [9.17, 15) is 0 Å². The molecule has 0 unspecified atom stereocenters. The van der Waals surface area contributed by atoms with Crippen molar-refractivity contribution in [1.82, 2.24) is 0 Å². The number of anilines is 6. The molecule has 68 heavy (non-hydrogen) atoms. The first kappa shape index (κ1) is 40.5. The van der Waals surface area contributed by atoms with Crippen LogP contribution >= 0.6 is 0 Å². The molecule has 0 aliphatic heterocycles. The lowest BCUT2D eigenvalue weighted by Gasteiger charge is -2.30. The van der Waals surface area contributed by atoms with Crippen LogP contribution in [-0.4, -0.2) is 0 Å². The van der Waals surface area contributed by atoms with E-state index in [0.717, 1.165) is 56.2 Å². The van der Waals surface area contributed by atoms with Crippen LogP contribution in [-0.2, 0) is 0 Å². The quantitative estimate of drug-likeness (QED) is 0.135. The summed E-state index contributed by atoms with van der Waals surface area (Å²) < 4.78 is 0. The average molecular weight is 867 g/mol. The van der Waals surface area contributed by atoms with Crippen LogP contribution in [0, 0.1) is 0 Å². The second-order valence-electron chi connectivity index (χ2n) is 17.3. The van der Waals surface area contributed by atoms with Gasteiger partial charge in [0, 0.05) is 34.0 Å². The molecule has 0 bridgehead atoms. The van der Waals surface area contributed by atoms with Gasteiger partial charge in [0.25, 0.3) is 0 Å². The monoisotopic (exact) mass is 866 g/mol. The third-order valence-electron chi connectivity index (χ3n) is 13.2. The fraction of sp³-hybridized carbons (Fsp3) is 0. The topological polar surface area (TPSA) is 6.48 Å². The standard InChI is InChI=1S/C66H46N2/c1-5-19-49(20-6-1)63-45-58(67(54-27-9-3-10-28-54)56-39-35-51(36-40-56)61-33-17-25-47-23-13-15-31-59(47)61)43-53-44-66(65(46-64(53)63)50-21-7-2-8-22-50)68(55-29-11-4-12-30-55)57-41-37-52(38-42-57)62-34-18-26-48-24-14-16-32-60(48)62/h1-46H. The molecule has 0 saturated carbocycles. The number of rotatable bonds is 10. The van der Waals surface area contributed by atoms with E-state index in [1.165, 1.54) is 54.7 Å². The Balaban J connectivity index is 1.07. The van der Waals surface area contributed by atoms with Crippen LogP contribution in [0.1, 0.15) is 0 Å². The summed E-state index contributed by atoms with van der Waals surface area (Å²) in [5.74, 6) is 0. The first-order chi connectivity index (χ1) is 33.7. The van der Waals surface area contributed by atoms with Gasteiger partial charge in [0.1, 0.15) is 0 Å². The first-order valence-corrected chi connectivity index (χ1v) is 23.3. The largest absolute Gasteiger partial charge is 0.310 e. The molecule has 12 aromatic rings. The van der Waals surface area contributed by atoms with E-state index in [-0.39, 0.29) is 0 Å². The van der Waals surface area contributed by atoms with Gasteiger partial charge in [-0.2, -0.15) is 0 Å². The molecule has 0 heterocycles.